The summed E-state index contributed by atoms with van der Waals surface area (Å²) in [6.45, 7) is 0. The lowest BCUT2D eigenvalue weighted by molar-refractivity contribution is 0.582. The molecule has 1 aliphatic heterocycles. The fourth-order valence-corrected chi connectivity index (χ4v) is 4.00. The van der Waals surface area contributed by atoms with Crippen molar-refractivity contribution >= 4 is 28.3 Å². The topological polar surface area (TPSA) is 21.1 Å². The normalized spacial score (nSPS) is 15.9. The second-order valence-corrected chi connectivity index (χ2v) is 6.79. The van der Waals surface area contributed by atoms with Gasteiger partial charge in [-0.1, -0.05) is 48.0 Å². The molecule has 0 unspecified atom stereocenters. The molecule has 3 nitrogen and oxygen atoms in total. The summed E-state index contributed by atoms with van der Waals surface area (Å²) in [4.78, 5) is 7.22. The van der Waals surface area contributed by atoms with E-state index in [2.05, 4.69) is 65.0 Å². The molecule has 0 N–H and O–H groups in total. The van der Waals surface area contributed by atoms with E-state index in [0.29, 0.717) is 0 Å². The lowest BCUT2D eigenvalue weighted by Crippen LogP contribution is -2.34. The van der Waals surface area contributed by atoms with E-state index in [1.54, 1.807) is 0 Å². The number of aromatic nitrogens is 2. The van der Waals surface area contributed by atoms with E-state index in [-0.39, 0.29) is 6.17 Å². The van der Waals surface area contributed by atoms with Gasteiger partial charge in [0.2, 0.25) is 0 Å². The number of benzene rings is 3. The molecule has 1 aliphatic rings. The van der Waals surface area contributed by atoms with Gasteiger partial charge >= 0.3 is 0 Å². The molecule has 3 aromatic carbocycles. The van der Waals surface area contributed by atoms with Crippen LogP contribution in [0.4, 0.5) is 5.69 Å². The molecule has 122 valence electrons. The zero-order valence-corrected chi connectivity index (χ0v) is 14.5. The molecule has 0 bridgehead atoms. The third kappa shape index (κ3) is 2.09. The molecule has 0 aliphatic carbocycles. The summed E-state index contributed by atoms with van der Waals surface area (Å²) in [5.74, 6) is 1.000. The minimum Gasteiger partial charge on any atom is -0.350 e. The highest BCUT2D eigenvalue weighted by atomic mass is 35.5. The summed E-state index contributed by atoms with van der Waals surface area (Å²) in [6, 6.07) is 24.8. The molecule has 1 atom stereocenters. The number of imidazole rings is 1. The van der Waals surface area contributed by atoms with E-state index >= 15 is 0 Å². The first-order chi connectivity index (χ1) is 12.2. The van der Waals surface area contributed by atoms with Gasteiger partial charge in [-0.3, -0.25) is 4.57 Å². The number of hydrogen-bond donors (Lipinski definition) is 0. The Morgan fingerprint density at radius 2 is 1.72 bits per heavy atom. The summed E-state index contributed by atoms with van der Waals surface area (Å²) < 4.78 is 2.31. The third-order valence-corrected chi connectivity index (χ3v) is 5.11. The average Bonchev–Trinajstić information content (AvgIpc) is 3.02. The van der Waals surface area contributed by atoms with Crippen LogP contribution in [0.25, 0.3) is 22.4 Å². The van der Waals surface area contributed by atoms with Gasteiger partial charge in [-0.15, -0.1) is 0 Å². The maximum atomic E-state index is 6.29. The number of anilines is 1. The number of nitrogens with zero attached hydrogens (tertiary/aromatic N) is 3. The molecule has 0 spiro atoms. The SMILES string of the molecule is CN1c2ccccc2-c2nc3ccccc3n2[C@H]1c1cccc(Cl)c1. The van der Waals surface area contributed by atoms with Crippen molar-refractivity contribution in [2.24, 2.45) is 0 Å². The number of fused-ring (bicyclic) bond motifs is 5. The third-order valence-electron chi connectivity index (χ3n) is 4.88. The Morgan fingerprint density at radius 1 is 0.920 bits per heavy atom. The molecular weight excluding hydrogens is 330 g/mol. The predicted molar refractivity (Wildman–Crippen MR) is 103 cm³/mol. The van der Waals surface area contributed by atoms with Crippen molar-refractivity contribution in [3.8, 4) is 11.4 Å². The predicted octanol–water partition coefficient (Wildman–Crippen LogP) is 5.35. The fraction of sp³-hybridized carbons (Fsp3) is 0.0952. The molecule has 0 amide bonds. The van der Waals surface area contributed by atoms with Gasteiger partial charge < -0.3 is 4.90 Å². The molecule has 0 saturated carbocycles. The first-order valence-corrected chi connectivity index (χ1v) is 8.66. The zero-order valence-electron chi connectivity index (χ0n) is 13.7. The van der Waals surface area contributed by atoms with Crippen LogP contribution in [0.3, 0.4) is 0 Å². The highest BCUT2D eigenvalue weighted by Crippen LogP contribution is 2.43. The Hall–Kier alpha value is -2.78. The van der Waals surface area contributed by atoms with Gasteiger partial charge in [-0.05, 0) is 42.0 Å². The van der Waals surface area contributed by atoms with Crippen molar-refractivity contribution < 1.29 is 0 Å². The number of hydrogen-bond acceptors (Lipinski definition) is 2. The second kappa shape index (κ2) is 5.36. The Morgan fingerprint density at radius 3 is 2.60 bits per heavy atom. The molecule has 1 aromatic heterocycles. The largest absolute Gasteiger partial charge is 0.350 e. The van der Waals surface area contributed by atoms with Crippen LogP contribution < -0.4 is 4.90 Å². The summed E-state index contributed by atoms with van der Waals surface area (Å²) in [5.41, 5.74) is 5.61. The van der Waals surface area contributed by atoms with Crippen LogP contribution in [0.15, 0.2) is 72.8 Å². The number of rotatable bonds is 1. The number of halogens is 1. The van der Waals surface area contributed by atoms with Crippen LogP contribution in [-0.2, 0) is 0 Å². The highest BCUT2D eigenvalue weighted by molar-refractivity contribution is 6.30. The summed E-state index contributed by atoms with van der Waals surface area (Å²) in [6.07, 6.45) is 0.0102. The first kappa shape index (κ1) is 14.6. The second-order valence-electron chi connectivity index (χ2n) is 6.35. The summed E-state index contributed by atoms with van der Waals surface area (Å²) in [7, 11) is 2.13. The van der Waals surface area contributed by atoms with Crippen LogP contribution >= 0.6 is 11.6 Å². The zero-order chi connectivity index (χ0) is 17.0. The van der Waals surface area contributed by atoms with Gasteiger partial charge in [0.05, 0.1) is 11.0 Å². The van der Waals surface area contributed by atoms with Gasteiger partial charge in [0, 0.05) is 23.3 Å². The van der Waals surface area contributed by atoms with Gasteiger partial charge in [-0.25, -0.2) is 4.98 Å². The fourth-order valence-electron chi connectivity index (χ4n) is 3.80. The van der Waals surface area contributed by atoms with E-state index < -0.39 is 0 Å². The smallest absolute Gasteiger partial charge is 0.145 e. The van der Waals surface area contributed by atoms with Gasteiger partial charge in [-0.2, -0.15) is 0 Å². The van der Waals surface area contributed by atoms with Crippen molar-refractivity contribution in [3.05, 3.63) is 83.4 Å². The van der Waals surface area contributed by atoms with Crippen LogP contribution in [0, 0.1) is 0 Å². The van der Waals surface area contributed by atoms with Crippen molar-refractivity contribution in [2.75, 3.05) is 11.9 Å². The molecular formula is C21H16ClN3. The Bertz CT molecular complexity index is 1100. The summed E-state index contributed by atoms with van der Waals surface area (Å²) >= 11 is 6.29. The van der Waals surface area contributed by atoms with Crippen LogP contribution in [0.5, 0.6) is 0 Å². The number of para-hydroxylation sites is 3. The molecule has 0 saturated heterocycles. The molecule has 0 radical (unpaired) electrons. The van der Waals surface area contributed by atoms with Gasteiger partial charge in [0.15, 0.2) is 0 Å². The monoisotopic (exact) mass is 345 g/mol. The van der Waals surface area contributed by atoms with E-state index in [1.165, 1.54) is 5.69 Å². The van der Waals surface area contributed by atoms with Gasteiger partial charge in [0.1, 0.15) is 12.0 Å². The Kier molecular flexibility index (Phi) is 3.12. The van der Waals surface area contributed by atoms with Crippen molar-refractivity contribution in [3.63, 3.8) is 0 Å². The van der Waals surface area contributed by atoms with Crippen LogP contribution in [0.1, 0.15) is 11.7 Å². The highest BCUT2D eigenvalue weighted by Gasteiger charge is 2.32. The minimum absolute atomic E-state index is 0.0102. The standard InChI is InChI=1S/C21H16ClN3/c1-24-18-11-4-2-9-16(18)20-23-17-10-3-5-12-19(17)25(20)21(24)14-7-6-8-15(22)13-14/h2-13,21H,1H3/t21-/m0/s1. The van der Waals surface area contributed by atoms with E-state index in [4.69, 9.17) is 16.6 Å². The molecule has 2 heterocycles. The minimum atomic E-state index is 0.0102. The molecule has 5 rings (SSSR count). The Balaban J connectivity index is 1.87. The molecule has 4 aromatic rings. The Labute approximate surface area is 151 Å². The van der Waals surface area contributed by atoms with Crippen molar-refractivity contribution in [2.45, 2.75) is 6.17 Å². The van der Waals surface area contributed by atoms with Gasteiger partial charge in [0.25, 0.3) is 0 Å². The van der Waals surface area contributed by atoms with Crippen LogP contribution in [-0.4, -0.2) is 16.6 Å². The maximum absolute atomic E-state index is 6.29. The lowest BCUT2D eigenvalue weighted by atomic mass is 10.0. The molecule has 4 heteroatoms. The quantitative estimate of drug-likeness (QED) is 0.463. The summed E-state index contributed by atoms with van der Waals surface area (Å²) in [5, 5.41) is 0.746. The maximum Gasteiger partial charge on any atom is 0.145 e. The molecule has 0 fully saturated rings. The van der Waals surface area contributed by atoms with E-state index in [1.807, 2.05) is 24.3 Å². The van der Waals surface area contributed by atoms with Crippen molar-refractivity contribution in [1.82, 2.24) is 9.55 Å². The molecule has 25 heavy (non-hydrogen) atoms. The van der Waals surface area contributed by atoms with Crippen LogP contribution in [0.2, 0.25) is 5.02 Å². The first-order valence-electron chi connectivity index (χ1n) is 8.29. The van der Waals surface area contributed by atoms with E-state index in [9.17, 15) is 0 Å². The average molecular weight is 346 g/mol. The lowest BCUT2D eigenvalue weighted by Gasteiger charge is -2.38. The van der Waals surface area contributed by atoms with E-state index in [0.717, 1.165) is 33.0 Å². The van der Waals surface area contributed by atoms with Crippen molar-refractivity contribution in [1.29, 1.82) is 0 Å².